The Balaban J connectivity index is 3.20. The van der Waals surface area contributed by atoms with Crippen molar-refractivity contribution < 1.29 is 23.8 Å². The van der Waals surface area contributed by atoms with E-state index in [2.05, 4.69) is 5.32 Å². The van der Waals surface area contributed by atoms with Gasteiger partial charge in [-0.2, -0.15) is 0 Å². The van der Waals surface area contributed by atoms with E-state index in [9.17, 15) is 13.6 Å². The van der Waals surface area contributed by atoms with Crippen LogP contribution in [-0.2, 0) is 0 Å². The number of phenols is 2. The summed E-state index contributed by atoms with van der Waals surface area (Å²) in [5.74, 6) is -5.95. The van der Waals surface area contributed by atoms with Crippen LogP contribution in [-0.4, -0.2) is 22.2 Å². The number of aromatic hydroxyl groups is 2. The van der Waals surface area contributed by atoms with Gasteiger partial charge in [0.25, 0.3) is 5.91 Å². The molecule has 0 bridgehead atoms. The number of amides is 1. The Labute approximate surface area is 90.5 Å². The van der Waals surface area contributed by atoms with E-state index in [1.54, 1.807) is 13.8 Å². The van der Waals surface area contributed by atoms with Crippen molar-refractivity contribution in [2.24, 2.45) is 0 Å². The Bertz CT molecular complexity index is 433. The van der Waals surface area contributed by atoms with Gasteiger partial charge >= 0.3 is 0 Å². The van der Waals surface area contributed by atoms with Gasteiger partial charge in [-0.25, -0.2) is 8.78 Å². The molecule has 0 unspecified atom stereocenters. The van der Waals surface area contributed by atoms with E-state index in [1.165, 1.54) is 0 Å². The van der Waals surface area contributed by atoms with Gasteiger partial charge in [-0.1, -0.05) is 0 Å². The molecule has 0 atom stereocenters. The molecule has 0 saturated heterocycles. The van der Waals surface area contributed by atoms with Crippen LogP contribution in [0.15, 0.2) is 6.07 Å². The van der Waals surface area contributed by atoms with E-state index in [-0.39, 0.29) is 6.04 Å². The van der Waals surface area contributed by atoms with Crippen molar-refractivity contribution >= 4 is 5.91 Å². The molecule has 0 fully saturated rings. The van der Waals surface area contributed by atoms with Gasteiger partial charge in [-0.3, -0.25) is 4.79 Å². The molecule has 0 saturated carbocycles. The average Bonchev–Trinajstić information content (AvgIpc) is 2.19. The second-order valence-corrected chi connectivity index (χ2v) is 3.55. The maximum atomic E-state index is 13.3. The van der Waals surface area contributed by atoms with Gasteiger partial charge in [0.1, 0.15) is 0 Å². The first-order chi connectivity index (χ1) is 7.34. The van der Waals surface area contributed by atoms with Crippen molar-refractivity contribution in [3.05, 3.63) is 23.3 Å². The Morgan fingerprint density at radius 1 is 1.31 bits per heavy atom. The van der Waals surface area contributed by atoms with Crippen LogP contribution >= 0.6 is 0 Å². The monoisotopic (exact) mass is 231 g/mol. The zero-order chi connectivity index (χ0) is 12.5. The van der Waals surface area contributed by atoms with Crippen LogP contribution in [0.5, 0.6) is 11.5 Å². The van der Waals surface area contributed by atoms with Crippen LogP contribution in [0.4, 0.5) is 8.78 Å². The predicted molar refractivity (Wildman–Crippen MR) is 52.3 cm³/mol. The van der Waals surface area contributed by atoms with Crippen molar-refractivity contribution in [3.63, 3.8) is 0 Å². The summed E-state index contributed by atoms with van der Waals surface area (Å²) < 4.78 is 26.3. The van der Waals surface area contributed by atoms with Gasteiger partial charge < -0.3 is 15.5 Å². The molecule has 0 aliphatic heterocycles. The highest BCUT2D eigenvalue weighted by Crippen LogP contribution is 2.32. The Morgan fingerprint density at radius 3 is 2.38 bits per heavy atom. The summed E-state index contributed by atoms with van der Waals surface area (Å²) in [5.41, 5.74) is -0.651. The van der Waals surface area contributed by atoms with Crippen molar-refractivity contribution in [1.29, 1.82) is 0 Å². The molecular weight excluding hydrogens is 220 g/mol. The molecular formula is C10H11F2NO3. The number of carbonyl (C=O) groups is 1. The summed E-state index contributed by atoms with van der Waals surface area (Å²) in [6.45, 7) is 3.29. The highest BCUT2D eigenvalue weighted by Gasteiger charge is 2.22. The number of benzene rings is 1. The Hall–Kier alpha value is -1.85. The molecule has 3 N–H and O–H groups in total. The fourth-order valence-electron chi connectivity index (χ4n) is 1.11. The highest BCUT2D eigenvalue weighted by atomic mass is 19.1. The first-order valence-corrected chi connectivity index (χ1v) is 4.55. The fraction of sp³-hybridized carbons (Fsp3) is 0.300. The molecule has 0 aromatic heterocycles. The van der Waals surface area contributed by atoms with Crippen molar-refractivity contribution in [2.75, 3.05) is 0 Å². The first-order valence-electron chi connectivity index (χ1n) is 4.55. The molecule has 1 amide bonds. The van der Waals surface area contributed by atoms with E-state index < -0.39 is 34.6 Å². The van der Waals surface area contributed by atoms with Crippen LogP contribution in [0.1, 0.15) is 24.2 Å². The SMILES string of the molecule is CC(C)NC(=O)c1cc(F)c(O)c(O)c1F. The zero-order valence-corrected chi connectivity index (χ0v) is 8.71. The minimum atomic E-state index is -1.35. The molecule has 4 nitrogen and oxygen atoms in total. The summed E-state index contributed by atoms with van der Waals surface area (Å²) in [6.07, 6.45) is 0. The van der Waals surface area contributed by atoms with Gasteiger partial charge in [-0.15, -0.1) is 0 Å². The third-order valence-corrected chi connectivity index (χ3v) is 1.83. The van der Waals surface area contributed by atoms with E-state index in [1.807, 2.05) is 0 Å². The maximum Gasteiger partial charge on any atom is 0.254 e. The Morgan fingerprint density at radius 2 is 1.88 bits per heavy atom. The maximum absolute atomic E-state index is 13.3. The third-order valence-electron chi connectivity index (χ3n) is 1.83. The van der Waals surface area contributed by atoms with E-state index in [0.29, 0.717) is 6.07 Å². The van der Waals surface area contributed by atoms with Crippen LogP contribution in [0, 0.1) is 11.6 Å². The number of phenolic OH excluding ortho intramolecular Hbond substituents is 2. The lowest BCUT2D eigenvalue weighted by atomic mass is 10.1. The van der Waals surface area contributed by atoms with Crippen LogP contribution in [0.25, 0.3) is 0 Å². The van der Waals surface area contributed by atoms with Crippen molar-refractivity contribution in [3.8, 4) is 11.5 Å². The minimum Gasteiger partial charge on any atom is -0.502 e. The van der Waals surface area contributed by atoms with Gasteiger partial charge in [0.05, 0.1) is 5.56 Å². The summed E-state index contributed by atoms with van der Waals surface area (Å²) in [7, 11) is 0. The number of halogens is 2. The number of hydrogen-bond acceptors (Lipinski definition) is 3. The summed E-state index contributed by atoms with van der Waals surface area (Å²) >= 11 is 0. The minimum absolute atomic E-state index is 0.258. The van der Waals surface area contributed by atoms with Crippen LogP contribution in [0.3, 0.4) is 0 Å². The lowest BCUT2D eigenvalue weighted by molar-refractivity contribution is 0.0937. The topological polar surface area (TPSA) is 69.6 Å². The second-order valence-electron chi connectivity index (χ2n) is 3.55. The molecule has 1 aromatic rings. The lowest BCUT2D eigenvalue weighted by Crippen LogP contribution is -2.30. The summed E-state index contributed by atoms with van der Waals surface area (Å²) in [5, 5.41) is 20.2. The number of carbonyl (C=O) groups excluding carboxylic acids is 1. The van der Waals surface area contributed by atoms with E-state index >= 15 is 0 Å². The highest BCUT2D eigenvalue weighted by molar-refractivity contribution is 5.95. The zero-order valence-electron chi connectivity index (χ0n) is 8.71. The van der Waals surface area contributed by atoms with Gasteiger partial charge in [0.2, 0.25) is 0 Å². The Kier molecular flexibility index (Phi) is 3.31. The van der Waals surface area contributed by atoms with Crippen molar-refractivity contribution in [2.45, 2.75) is 19.9 Å². The molecule has 1 rings (SSSR count). The number of hydrogen-bond donors (Lipinski definition) is 3. The largest absolute Gasteiger partial charge is 0.502 e. The van der Waals surface area contributed by atoms with Gasteiger partial charge in [0.15, 0.2) is 23.1 Å². The third kappa shape index (κ3) is 2.21. The van der Waals surface area contributed by atoms with Crippen molar-refractivity contribution in [1.82, 2.24) is 5.32 Å². The molecule has 0 heterocycles. The molecule has 0 spiro atoms. The quantitative estimate of drug-likeness (QED) is 0.676. The number of rotatable bonds is 2. The molecule has 0 radical (unpaired) electrons. The normalized spacial score (nSPS) is 10.6. The van der Waals surface area contributed by atoms with Crippen LogP contribution < -0.4 is 5.32 Å². The predicted octanol–water partition coefficient (Wildman–Crippen LogP) is 1.51. The second kappa shape index (κ2) is 4.34. The van der Waals surface area contributed by atoms with Crippen LogP contribution in [0.2, 0.25) is 0 Å². The van der Waals surface area contributed by atoms with Gasteiger partial charge in [-0.05, 0) is 19.9 Å². The summed E-state index contributed by atoms with van der Waals surface area (Å²) in [6, 6.07) is 0.271. The average molecular weight is 231 g/mol. The molecule has 6 heteroatoms. The molecule has 16 heavy (non-hydrogen) atoms. The lowest BCUT2D eigenvalue weighted by Gasteiger charge is -2.10. The first kappa shape index (κ1) is 12.2. The standard InChI is InChI=1S/C10H11F2NO3/c1-4(2)13-10(16)5-3-6(11)8(14)9(15)7(5)12/h3-4,14-15H,1-2H3,(H,13,16). The van der Waals surface area contributed by atoms with E-state index in [0.717, 1.165) is 0 Å². The summed E-state index contributed by atoms with van der Waals surface area (Å²) in [4.78, 5) is 11.4. The molecule has 0 aliphatic rings. The smallest absolute Gasteiger partial charge is 0.254 e. The number of nitrogens with one attached hydrogen (secondary N) is 1. The molecule has 1 aromatic carbocycles. The van der Waals surface area contributed by atoms with E-state index in [4.69, 9.17) is 10.2 Å². The van der Waals surface area contributed by atoms with Gasteiger partial charge in [0, 0.05) is 6.04 Å². The fourth-order valence-corrected chi connectivity index (χ4v) is 1.11. The molecule has 0 aliphatic carbocycles. The molecule has 88 valence electrons.